The van der Waals surface area contributed by atoms with Gasteiger partial charge in [-0.2, -0.15) is 0 Å². The summed E-state index contributed by atoms with van der Waals surface area (Å²) >= 11 is 0. The van der Waals surface area contributed by atoms with Gasteiger partial charge in [0.2, 0.25) is 0 Å². The maximum absolute atomic E-state index is 12.8. The second-order valence-electron chi connectivity index (χ2n) is 4.38. The van der Waals surface area contributed by atoms with Crippen molar-refractivity contribution in [2.24, 2.45) is 0 Å². The summed E-state index contributed by atoms with van der Waals surface area (Å²) in [7, 11) is 0. The Balaban J connectivity index is 1.63. The van der Waals surface area contributed by atoms with Crippen LogP contribution in [0.4, 0.5) is 10.1 Å². The third-order valence-corrected chi connectivity index (χ3v) is 2.99. The SMILES string of the molecule is O=C(Nc1ccccc1)[C@@H]1O[C@H]1c1ccc(F)cc1. The van der Waals surface area contributed by atoms with Crippen molar-refractivity contribution in [3.05, 3.63) is 66.0 Å². The molecule has 0 aliphatic carbocycles. The van der Waals surface area contributed by atoms with Crippen molar-refractivity contribution in [1.82, 2.24) is 0 Å². The fraction of sp³-hybridized carbons (Fsp3) is 0.133. The van der Waals surface area contributed by atoms with Gasteiger partial charge in [0, 0.05) is 5.69 Å². The molecule has 0 saturated carbocycles. The third-order valence-electron chi connectivity index (χ3n) is 2.99. The molecule has 0 bridgehead atoms. The Labute approximate surface area is 110 Å². The van der Waals surface area contributed by atoms with Crippen molar-refractivity contribution >= 4 is 11.6 Å². The van der Waals surface area contributed by atoms with Gasteiger partial charge in [-0.05, 0) is 29.8 Å². The van der Waals surface area contributed by atoms with Crippen LogP contribution in [0.15, 0.2) is 54.6 Å². The Kier molecular flexibility index (Phi) is 3.01. The third kappa shape index (κ3) is 2.63. The second kappa shape index (κ2) is 4.82. The maximum atomic E-state index is 12.8. The number of carbonyl (C=O) groups excluding carboxylic acids is 1. The van der Waals surface area contributed by atoms with E-state index >= 15 is 0 Å². The summed E-state index contributed by atoms with van der Waals surface area (Å²) in [4.78, 5) is 11.9. The summed E-state index contributed by atoms with van der Waals surface area (Å²) in [5.41, 5.74) is 1.55. The molecule has 0 unspecified atom stereocenters. The highest BCUT2D eigenvalue weighted by molar-refractivity contribution is 5.96. The first-order chi connectivity index (χ1) is 9.24. The van der Waals surface area contributed by atoms with Crippen LogP contribution in [0.1, 0.15) is 11.7 Å². The minimum atomic E-state index is -0.495. The minimum absolute atomic E-state index is 0.180. The lowest BCUT2D eigenvalue weighted by molar-refractivity contribution is -0.117. The van der Waals surface area contributed by atoms with Gasteiger partial charge in [0.25, 0.3) is 5.91 Å². The van der Waals surface area contributed by atoms with E-state index in [2.05, 4.69) is 5.32 Å². The quantitative estimate of drug-likeness (QED) is 0.859. The first kappa shape index (κ1) is 11.9. The first-order valence-electron chi connectivity index (χ1n) is 6.01. The smallest absolute Gasteiger partial charge is 0.256 e. The van der Waals surface area contributed by atoms with Gasteiger partial charge in [0.15, 0.2) is 6.10 Å². The van der Waals surface area contributed by atoms with Crippen LogP contribution in [0.25, 0.3) is 0 Å². The first-order valence-corrected chi connectivity index (χ1v) is 6.01. The zero-order valence-corrected chi connectivity index (χ0v) is 10.0. The zero-order chi connectivity index (χ0) is 13.2. The standard InChI is InChI=1S/C15H12FNO2/c16-11-8-6-10(7-9-11)13-14(19-13)15(18)17-12-4-2-1-3-5-12/h1-9,13-14H,(H,17,18)/t13-,14+/m0/s1. The number of hydrogen-bond donors (Lipinski definition) is 1. The van der Waals surface area contributed by atoms with E-state index in [1.165, 1.54) is 12.1 Å². The largest absolute Gasteiger partial charge is 0.354 e. The Hall–Kier alpha value is -2.20. The van der Waals surface area contributed by atoms with E-state index in [0.29, 0.717) is 0 Å². The topological polar surface area (TPSA) is 41.6 Å². The number of rotatable bonds is 3. The van der Waals surface area contributed by atoms with Crippen LogP contribution in [0, 0.1) is 5.82 Å². The van der Waals surface area contributed by atoms with E-state index in [1.54, 1.807) is 12.1 Å². The van der Waals surface area contributed by atoms with Crippen LogP contribution < -0.4 is 5.32 Å². The van der Waals surface area contributed by atoms with Crippen molar-refractivity contribution in [1.29, 1.82) is 0 Å². The lowest BCUT2D eigenvalue weighted by atomic mass is 10.1. The van der Waals surface area contributed by atoms with Crippen LogP contribution in [-0.2, 0) is 9.53 Å². The summed E-state index contributed by atoms with van der Waals surface area (Å²) in [5, 5.41) is 2.78. The Morgan fingerprint density at radius 3 is 2.42 bits per heavy atom. The highest BCUT2D eigenvalue weighted by Gasteiger charge is 2.46. The summed E-state index contributed by atoms with van der Waals surface area (Å²) in [5.74, 6) is -0.477. The molecule has 0 aromatic heterocycles. The monoisotopic (exact) mass is 257 g/mol. The predicted molar refractivity (Wildman–Crippen MR) is 69.1 cm³/mol. The van der Waals surface area contributed by atoms with Crippen molar-refractivity contribution in [3.63, 3.8) is 0 Å². The van der Waals surface area contributed by atoms with Gasteiger partial charge in [0.1, 0.15) is 11.9 Å². The highest BCUT2D eigenvalue weighted by atomic mass is 19.1. The molecule has 1 aliphatic heterocycles. The predicted octanol–water partition coefficient (Wildman–Crippen LogP) is 2.90. The molecule has 3 rings (SSSR count). The van der Waals surface area contributed by atoms with Crippen molar-refractivity contribution in [3.8, 4) is 0 Å². The normalized spacial score (nSPS) is 20.9. The van der Waals surface area contributed by atoms with E-state index in [0.717, 1.165) is 11.3 Å². The van der Waals surface area contributed by atoms with Crippen LogP contribution >= 0.6 is 0 Å². The number of hydrogen-bond acceptors (Lipinski definition) is 2. The summed E-state index contributed by atoms with van der Waals surface area (Å²) in [6.07, 6.45) is -0.769. The van der Waals surface area contributed by atoms with Gasteiger partial charge in [-0.15, -0.1) is 0 Å². The van der Waals surface area contributed by atoms with E-state index in [-0.39, 0.29) is 17.8 Å². The van der Waals surface area contributed by atoms with E-state index < -0.39 is 6.10 Å². The minimum Gasteiger partial charge on any atom is -0.354 e. The number of para-hydroxylation sites is 1. The molecular weight excluding hydrogens is 245 g/mol. The highest BCUT2D eigenvalue weighted by Crippen LogP contribution is 2.39. The molecule has 4 heteroatoms. The van der Waals surface area contributed by atoms with Crippen molar-refractivity contribution in [2.75, 3.05) is 5.32 Å². The Morgan fingerprint density at radius 2 is 1.74 bits per heavy atom. The second-order valence-corrected chi connectivity index (χ2v) is 4.38. The Bertz CT molecular complexity index is 583. The van der Waals surface area contributed by atoms with Crippen LogP contribution in [0.3, 0.4) is 0 Å². The van der Waals surface area contributed by atoms with Crippen molar-refractivity contribution < 1.29 is 13.9 Å². The fourth-order valence-corrected chi connectivity index (χ4v) is 1.95. The number of amides is 1. The van der Waals surface area contributed by atoms with E-state index in [4.69, 9.17) is 4.74 Å². The summed E-state index contributed by atoms with van der Waals surface area (Å²) < 4.78 is 18.1. The average molecular weight is 257 g/mol. The number of epoxide rings is 1. The molecule has 1 fully saturated rings. The molecule has 1 heterocycles. The van der Waals surface area contributed by atoms with Crippen LogP contribution in [0.5, 0.6) is 0 Å². The molecule has 2 atom stereocenters. The zero-order valence-electron chi connectivity index (χ0n) is 10.0. The molecule has 1 N–H and O–H groups in total. The molecule has 0 spiro atoms. The van der Waals surface area contributed by atoms with Gasteiger partial charge < -0.3 is 10.1 Å². The maximum Gasteiger partial charge on any atom is 0.256 e. The van der Waals surface area contributed by atoms with E-state index in [1.807, 2.05) is 30.3 Å². The fourth-order valence-electron chi connectivity index (χ4n) is 1.95. The molecule has 1 saturated heterocycles. The van der Waals surface area contributed by atoms with Gasteiger partial charge in [-0.1, -0.05) is 30.3 Å². The van der Waals surface area contributed by atoms with Crippen LogP contribution in [-0.4, -0.2) is 12.0 Å². The number of anilines is 1. The van der Waals surface area contributed by atoms with Gasteiger partial charge >= 0.3 is 0 Å². The molecule has 0 radical (unpaired) electrons. The lowest BCUT2D eigenvalue weighted by Crippen LogP contribution is -2.18. The summed E-state index contributed by atoms with van der Waals surface area (Å²) in [6.45, 7) is 0. The van der Waals surface area contributed by atoms with Crippen LogP contribution in [0.2, 0.25) is 0 Å². The van der Waals surface area contributed by atoms with Gasteiger partial charge in [0.05, 0.1) is 0 Å². The summed E-state index contributed by atoms with van der Waals surface area (Å²) in [6, 6.07) is 15.2. The Morgan fingerprint density at radius 1 is 1.05 bits per heavy atom. The molecule has 2 aromatic rings. The van der Waals surface area contributed by atoms with E-state index in [9.17, 15) is 9.18 Å². The molecule has 19 heavy (non-hydrogen) atoms. The number of ether oxygens (including phenoxy) is 1. The number of carbonyl (C=O) groups is 1. The number of halogens is 1. The van der Waals surface area contributed by atoms with Crippen molar-refractivity contribution in [2.45, 2.75) is 12.2 Å². The molecule has 1 aliphatic rings. The molecule has 96 valence electrons. The lowest BCUT2D eigenvalue weighted by Gasteiger charge is -2.02. The van der Waals surface area contributed by atoms with Gasteiger partial charge in [-0.3, -0.25) is 4.79 Å². The molecule has 2 aromatic carbocycles. The number of benzene rings is 2. The molecule has 3 nitrogen and oxygen atoms in total. The number of nitrogens with one attached hydrogen (secondary N) is 1. The molecular formula is C15H12FNO2. The van der Waals surface area contributed by atoms with Gasteiger partial charge in [-0.25, -0.2) is 4.39 Å². The average Bonchev–Trinajstić information content (AvgIpc) is 3.21. The molecule has 1 amide bonds.